The molecule has 1 fully saturated rings. The first-order valence-corrected chi connectivity index (χ1v) is 9.47. The molecule has 1 atom stereocenters. The van der Waals surface area contributed by atoms with Crippen LogP contribution in [0.3, 0.4) is 0 Å². The average molecular weight is 361 g/mol. The Morgan fingerprint density at radius 3 is 2.84 bits per heavy atom. The number of nitrogens with zero attached hydrogens (tertiary/aromatic N) is 4. The highest BCUT2D eigenvalue weighted by Gasteiger charge is 2.29. The van der Waals surface area contributed by atoms with Crippen LogP contribution in [-0.4, -0.2) is 57.9 Å². The van der Waals surface area contributed by atoms with Crippen molar-refractivity contribution in [2.45, 2.75) is 17.7 Å². The van der Waals surface area contributed by atoms with Crippen LogP contribution in [0.4, 0.5) is 0 Å². The minimum Gasteiger partial charge on any atom is -0.379 e. The lowest BCUT2D eigenvalue weighted by molar-refractivity contribution is -0.128. The maximum Gasteiger partial charge on any atom is 0.242 e. The quantitative estimate of drug-likeness (QED) is 0.780. The Hall–Kier alpha value is -1.90. The second kappa shape index (κ2) is 8.46. The summed E-state index contributed by atoms with van der Waals surface area (Å²) in [6, 6.07) is 3.45. The molecule has 7 nitrogen and oxygen atoms in total. The van der Waals surface area contributed by atoms with E-state index in [4.69, 9.17) is 4.74 Å². The normalized spacial score (nSPS) is 16.6. The van der Waals surface area contributed by atoms with Gasteiger partial charge < -0.3 is 14.6 Å². The molecule has 1 N–H and O–H groups in total. The number of carbonyl (C=O) groups excluding carboxylic acids is 1. The summed E-state index contributed by atoms with van der Waals surface area (Å²) in [6.07, 6.45) is 7.27. The Bertz CT molecular complexity index is 700. The summed E-state index contributed by atoms with van der Waals surface area (Å²) in [4.78, 5) is 23.6. The predicted molar refractivity (Wildman–Crippen MR) is 96.2 cm³/mol. The lowest BCUT2D eigenvalue weighted by Gasteiger charge is -2.33. The molecule has 1 amide bonds. The molecule has 3 heterocycles. The maximum absolute atomic E-state index is 12.9. The Morgan fingerprint density at radius 1 is 1.40 bits per heavy atom. The van der Waals surface area contributed by atoms with Gasteiger partial charge in [0.25, 0.3) is 0 Å². The van der Waals surface area contributed by atoms with Crippen molar-refractivity contribution >= 4 is 17.7 Å². The van der Waals surface area contributed by atoms with E-state index in [0.29, 0.717) is 19.8 Å². The number of thioether (sulfide) groups is 1. The van der Waals surface area contributed by atoms with Crippen molar-refractivity contribution < 1.29 is 9.53 Å². The molecule has 2 aromatic rings. The number of imidazole rings is 1. The highest BCUT2D eigenvalue weighted by molar-refractivity contribution is 7.98. The third kappa shape index (κ3) is 4.20. The maximum atomic E-state index is 12.9. The van der Waals surface area contributed by atoms with Gasteiger partial charge in [-0.1, -0.05) is 17.8 Å². The number of nitrogens with one attached hydrogen (secondary N) is 1. The van der Waals surface area contributed by atoms with Gasteiger partial charge in [-0.3, -0.25) is 14.7 Å². The molecule has 1 aliphatic heterocycles. The Labute approximate surface area is 151 Å². The Morgan fingerprint density at radius 2 is 2.20 bits per heavy atom. The fourth-order valence-electron chi connectivity index (χ4n) is 2.96. The molecule has 1 saturated heterocycles. The highest BCUT2D eigenvalue weighted by atomic mass is 32.2. The highest BCUT2D eigenvalue weighted by Crippen LogP contribution is 2.22. The van der Waals surface area contributed by atoms with Gasteiger partial charge in [0.15, 0.2) is 5.16 Å². The van der Waals surface area contributed by atoms with Gasteiger partial charge in [-0.05, 0) is 17.9 Å². The monoisotopic (exact) mass is 361 g/mol. The standard InChI is InChI=1S/C17H23N5O2S/c1-21-14(12-20-17(21)25-2)11-19-16(23)15(13-4-3-5-18-10-13)22-6-8-24-9-7-22/h3-5,10,12,15H,6-9,11H2,1-2H3,(H,19,23)/t15-/m1/s1. The van der Waals surface area contributed by atoms with Crippen LogP contribution in [0.1, 0.15) is 17.3 Å². The first kappa shape index (κ1) is 17.9. The van der Waals surface area contributed by atoms with Crippen LogP contribution in [0.2, 0.25) is 0 Å². The van der Waals surface area contributed by atoms with E-state index in [0.717, 1.165) is 29.5 Å². The summed E-state index contributed by atoms with van der Waals surface area (Å²) >= 11 is 1.59. The molecule has 3 rings (SSSR count). The second-order valence-corrected chi connectivity index (χ2v) is 6.62. The van der Waals surface area contributed by atoms with Crippen molar-refractivity contribution in [2.75, 3.05) is 32.6 Å². The summed E-state index contributed by atoms with van der Waals surface area (Å²) in [5.74, 6) is -0.0261. The minimum atomic E-state index is -0.356. The van der Waals surface area contributed by atoms with Crippen LogP contribution in [0.5, 0.6) is 0 Å². The molecule has 0 saturated carbocycles. The molecule has 0 unspecified atom stereocenters. The number of pyridine rings is 1. The van der Waals surface area contributed by atoms with Crippen molar-refractivity contribution in [3.05, 3.63) is 42.0 Å². The number of carbonyl (C=O) groups is 1. The topological polar surface area (TPSA) is 72.3 Å². The number of hydrogen-bond acceptors (Lipinski definition) is 6. The van der Waals surface area contributed by atoms with E-state index in [-0.39, 0.29) is 11.9 Å². The van der Waals surface area contributed by atoms with Crippen LogP contribution in [0.15, 0.2) is 35.9 Å². The SMILES string of the molecule is CSc1ncc(CNC(=O)[C@@H](c2cccnc2)N2CCOCC2)n1C. The third-order valence-corrected chi connectivity index (χ3v) is 5.07. The Balaban J connectivity index is 1.73. The lowest BCUT2D eigenvalue weighted by Crippen LogP contribution is -2.45. The number of aromatic nitrogens is 3. The first-order valence-electron chi connectivity index (χ1n) is 8.24. The molecule has 134 valence electrons. The first-order chi connectivity index (χ1) is 12.2. The van der Waals surface area contributed by atoms with Crippen molar-refractivity contribution in [1.82, 2.24) is 24.8 Å². The van der Waals surface area contributed by atoms with Crippen LogP contribution >= 0.6 is 11.8 Å². The summed E-state index contributed by atoms with van der Waals surface area (Å²) in [7, 11) is 1.96. The van der Waals surface area contributed by atoms with E-state index in [2.05, 4.69) is 20.2 Å². The molecular formula is C17H23N5O2S. The molecule has 25 heavy (non-hydrogen) atoms. The van der Waals surface area contributed by atoms with Crippen LogP contribution < -0.4 is 5.32 Å². The van der Waals surface area contributed by atoms with E-state index >= 15 is 0 Å². The Kier molecular flexibility index (Phi) is 6.06. The smallest absolute Gasteiger partial charge is 0.242 e. The van der Waals surface area contributed by atoms with Gasteiger partial charge in [0, 0.05) is 32.5 Å². The van der Waals surface area contributed by atoms with Crippen molar-refractivity contribution in [3.63, 3.8) is 0 Å². The summed E-state index contributed by atoms with van der Waals surface area (Å²) in [5, 5.41) is 3.99. The van der Waals surface area contributed by atoms with Crippen molar-refractivity contribution in [2.24, 2.45) is 7.05 Å². The molecule has 0 aromatic carbocycles. The van der Waals surface area contributed by atoms with Gasteiger partial charge in [-0.25, -0.2) is 4.98 Å². The van der Waals surface area contributed by atoms with Gasteiger partial charge in [-0.2, -0.15) is 0 Å². The van der Waals surface area contributed by atoms with Gasteiger partial charge in [0.05, 0.1) is 31.6 Å². The average Bonchev–Trinajstić information content (AvgIpc) is 3.02. The van der Waals surface area contributed by atoms with Gasteiger partial charge in [-0.15, -0.1) is 0 Å². The molecular weight excluding hydrogens is 338 g/mol. The van der Waals surface area contributed by atoms with Crippen molar-refractivity contribution in [1.29, 1.82) is 0 Å². The molecule has 1 aliphatic rings. The van der Waals surface area contributed by atoms with Crippen LogP contribution in [0, 0.1) is 0 Å². The molecule has 8 heteroatoms. The van der Waals surface area contributed by atoms with E-state index in [1.54, 1.807) is 30.4 Å². The number of amides is 1. The van der Waals surface area contributed by atoms with Crippen LogP contribution in [-0.2, 0) is 23.1 Å². The number of morpholine rings is 1. The molecule has 0 spiro atoms. The second-order valence-electron chi connectivity index (χ2n) is 5.85. The molecule has 0 bridgehead atoms. The fraction of sp³-hybridized carbons (Fsp3) is 0.471. The van der Waals surface area contributed by atoms with Gasteiger partial charge in [0.1, 0.15) is 6.04 Å². The molecule has 0 aliphatic carbocycles. The molecule has 0 radical (unpaired) electrons. The number of ether oxygens (including phenoxy) is 1. The third-order valence-electron chi connectivity index (χ3n) is 4.33. The summed E-state index contributed by atoms with van der Waals surface area (Å²) < 4.78 is 7.42. The van der Waals surface area contributed by atoms with E-state index in [1.165, 1.54) is 0 Å². The van der Waals surface area contributed by atoms with Crippen molar-refractivity contribution in [3.8, 4) is 0 Å². The number of rotatable bonds is 6. The zero-order chi connectivity index (χ0) is 17.6. The minimum absolute atomic E-state index is 0.0261. The zero-order valence-corrected chi connectivity index (χ0v) is 15.3. The summed E-state index contributed by atoms with van der Waals surface area (Å²) in [6.45, 7) is 3.19. The lowest BCUT2D eigenvalue weighted by atomic mass is 10.1. The van der Waals surface area contributed by atoms with Gasteiger partial charge in [0.2, 0.25) is 5.91 Å². The van der Waals surface area contributed by atoms with E-state index < -0.39 is 0 Å². The fourth-order valence-corrected chi connectivity index (χ4v) is 3.50. The van der Waals surface area contributed by atoms with E-state index in [9.17, 15) is 4.79 Å². The van der Waals surface area contributed by atoms with Gasteiger partial charge >= 0.3 is 0 Å². The summed E-state index contributed by atoms with van der Waals surface area (Å²) in [5.41, 5.74) is 1.88. The predicted octanol–water partition coefficient (Wildman–Crippen LogP) is 1.23. The molecule has 2 aromatic heterocycles. The zero-order valence-electron chi connectivity index (χ0n) is 14.5. The van der Waals surface area contributed by atoms with E-state index in [1.807, 2.05) is 30.0 Å². The number of hydrogen-bond donors (Lipinski definition) is 1. The largest absolute Gasteiger partial charge is 0.379 e. The van der Waals surface area contributed by atoms with Crippen LogP contribution in [0.25, 0.3) is 0 Å².